The Kier molecular flexibility index (Phi) is 4.85. The third-order valence-electron chi connectivity index (χ3n) is 3.45. The summed E-state index contributed by atoms with van der Waals surface area (Å²) >= 11 is 1.45. The largest absolute Gasteiger partial charge is 0.417 e. The predicted octanol–water partition coefficient (Wildman–Crippen LogP) is 5.58. The molecule has 0 spiro atoms. The Bertz CT molecular complexity index is 883. The van der Waals surface area contributed by atoms with E-state index >= 15 is 0 Å². The van der Waals surface area contributed by atoms with Gasteiger partial charge in [0.15, 0.2) is 0 Å². The molecule has 0 saturated carbocycles. The maximum Gasteiger partial charge on any atom is 0.417 e. The second-order valence-corrected chi connectivity index (χ2v) is 6.19. The average molecular weight is 361 g/mol. The Morgan fingerprint density at radius 2 is 1.80 bits per heavy atom. The second-order valence-electron chi connectivity index (χ2n) is 5.33. The van der Waals surface area contributed by atoms with Crippen LogP contribution in [0.2, 0.25) is 0 Å². The molecule has 0 radical (unpaired) electrons. The van der Waals surface area contributed by atoms with Gasteiger partial charge in [-0.1, -0.05) is 42.5 Å². The van der Waals surface area contributed by atoms with Crippen LogP contribution in [0, 0.1) is 6.92 Å². The van der Waals surface area contributed by atoms with Gasteiger partial charge in [-0.05, 0) is 29.7 Å². The first-order valence-electron chi connectivity index (χ1n) is 7.41. The molecule has 3 nitrogen and oxygen atoms in total. The summed E-state index contributed by atoms with van der Waals surface area (Å²) in [6.45, 7) is 1.89. The fraction of sp³-hybridized carbons (Fsp3) is 0.111. The molecule has 1 aromatic heterocycles. The highest BCUT2D eigenvalue weighted by Crippen LogP contribution is 2.36. The lowest BCUT2D eigenvalue weighted by molar-refractivity contribution is -0.137. The lowest BCUT2D eigenvalue weighted by atomic mass is 9.98. The summed E-state index contributed by atoms with van der Waals surface area (Å²) in [6.07, 6.45) is -2.79. The molecule has 0 atom stereocenters. The van der Waals surface area contributed by atoms with E-state index in [1.165, 1.54) is 23.5 Å². The topological polar surface area (TPSA) is 37.3 Å². The average Bonchev–Trinajstić information content (AvgIpc) is 3.00. The van der Waals surface area contributed by atoms with E-state index in [1.54, 1.807) is 36.5 Å². The molecule has 1 heterocycles. The van der Waals surface area contributed by atoms with Gasteiger partial charge in [0.25, 0.3) is 0 Å². The van der Waals surface area contributed by atoms with Gasteiger partial charge >= 0.3 is 6.18 Å². The Morgan fingerprint density at radius 3 is 2.44 bits per heavy atom. The van der Waals surface area contributed by atoms with Gasteiger partial charge in [0.05, 0.1) is 17.5 Å². The smallest absolute Gasteiger partial charge is 0.253 e. The van der Waals surface area contributed by atoms with Crippen molar-refractivity contribution < 1.29 is 13.2 Å². The van der Waals surface area contributed by atoms with Crippen LogP contribution in [0.25, 0.3) is 11.1 Å². The number of halogens is 3. The molecule has 25 heavy (non-hydrogen) atoms. The number of nitrogens with zero attached hydrogens (tertiary/aromatic N) is 2. The number of alkyl halides is 3. The van der Waals surface area contributed by atoms with Crippen LogP contribution in [0.5, 0.6) is 0 Å². The molecule has 0 aliphatic carbocycles. The SMILES string of the molecule is Cc1csc(NN=Cc2ccc(-c3ccccc3C(F)(F)F)cc2)n1. The van der Waals surface area contributed by atoms with Crippen LogP contribution >= 0.6 is 11.3 Å². The summed E-state index contributed by atoms with van der Waals surface area (Å²) in [6, 6.07) is 12.3. The van der Waals surface area contributed by atoms with E-state index in [1.807, 2.05) is 12.3 Å². The molecule has 7 heteroatoms. The van der Waals surface area contributed by atoms with E-state index in [2.05, 4.69) is 15.5 Å². The van der Waals surface area contributed by atoms with Crippen LogP contribution in [-0.2, 0) is 6.18 Å². The standard InChI is InChI=1S/C18H14F3N3S/c1-12-11-25-17(23-12)24-22-10-13-6-8-14(9-7-13)15-4-2-3-5-16(15)18(19,20)21/h2-11H,1H3,(H,23,24). The van der Waals surface area contributed by atoms with Crippen LogP contribution in [0.15, 0.2) is 59.0 Å². The van der Waals surface area contributed by atoms with Crippen molar-refractivity contribution in [2.24, 2.45) is 5.10 Å². The second kappa shape index (κ2) is 7.06. The van der Waals surface area contributed by atoms with Crippen LogP contribution in [0.1, 0.15) is 16.8 Å². The van der Waals surface area contributed by atoms with E-state index in [-0.39, 0.29) is 5.56 Å². The zero-order chi connectivity index (χ0) is 17.9. The van der Waals surface area contributed by atoms with E-state index < -0.39 is 11.7 Å². The normalized spacial score (nSPS) is 11.8. The molecule has 0 saturated heterocycles. The quantitative estimate of drug-likeness (QED) is 0.486. The highest BCUT2D eigenvalue weighted by molar-refractivity contribution is 7.13. The highest BCUT2D eigenvalue weighted by Gasteiger charge is 2.33. The van der Waals surface area contributed by atoms with Crippen molar-refractivity contribution in [1.82, 2.24) is 4.98 Å². The van der Waals surface area contributed by atoms with Gasteiger partial charge in [0, 0.05) is 5.38 Å². The number of nitrogens with one attached hydrogen (secondary N) is 1. The Morgan fingerprint density at radius 1 is 1.08 bits per heavy atom. The maximum absolute atomic E-state index is 13.1. The number of rotatable bonds is 4. The molecule has 0 aliphatic heterocycles. The highest BCUT2D eigenvalue weighted by atomic mass is 32.1. The first-order chi connectivity index (χ1) is 11.9. The molecule has 2 aromatic carbocycles. The molecule has 0 unspecified atom stereocenters. The summed E-state index contributed by atoms with van der Waals surface area (Å²) in [5, 5.41) is 6.67. The number of hydrogen-bond donors (Lipinski definition) is 1. The number of aromatic nitrogens is 1. The number of anilines is 1. The fourth-order valence-corrected chi connectivity index (χ4v) is 2.94. The van der Waals surface area contributed by atoms with E-state index in [9.17, 15) is 13.2 Å². The van der Waals surface area contributed by atoms with E-state index in [0.717, 1.165) is 17.3 Å². The number of hydrazone groups is 1. The monoisotopic (exact) mass is 361 g/mol. The molecule has 0 aliphatic rings. The zero-order valence-corrected chi connectivity index (χ0v) is 14.0. The van der Waals surface area contributed by atoms with Gasteiger partial charge in [-0.15, -0.1) is 11.3 Å². The third-order valence-corrected chi connectivity index (χ3v) is 4.31. The minimum absolute atomic E-state index is 0.162. The number of hydrogen-bond acceptors (Lipinski definition) is 4. The summed E-state index contributed by atoms with van der Waals surface area (Å²) in [5.74, 6) is 0. The minimum Gasteiger partial charge on any atom is -0.253 e. The van der Waals surface area contributed by atoms with Crippen molar-refractivity contribution in [3.05, 3.63) is 70.7 Å². The molecule has 3 rings (SSSR count). The number of aryl methyl sites for hydroxylation is 1. The number of benzene rings is 2. The van der Waals surface area contributed by atoms with Gasteiger partial charge in [0.1, 0.15) is 0 Å². The fourth-order valence-electron chi connectivity index (χ4n) is 2.30. The van der Waals surface area contributed by atoms with Crippen LogP contribution < -0.4 is 5.43 Å². The maximum atomic E-state index is 13.1. The van der Waals surface area contributed by atoms with Gasteiger partial charge < -0.3 is 0 Å². The first kappa shape index (κ1) is 17.2. The third kappa shape index (κ3) is 4.24. The number of thiazole rings is 1. The van der Waals surface area contributed by atoms with Gasteiger partial charge in [-0.2, -0.15) is 18.3 Å². The summed E-state index contributed by atoms with van der Waals surface area (Å²) in [7, 11) is 0. The van der Waals surface area contributed by atoms with Crippen molar-refractivity contribution in [1.29, 1.82) is 0 Å². The summed E-state index contributed by atoms with van der Waals surface area (Å²) in [5.41, 5.74) is 4.53. The Balaban J connectivity index is 1.77. The first-order valence-corrected chi connectivity index (χ1v) is 8.29. The lowest BCUT2D eigenvalue weighted by Gasteiger charge is -2.12. The Hall–Kier alpha value is -2.67. The molecular formula is C18H14F3N3S. The van der Waals surface area contributed by atoms with Crippen LogP contribution in [0.4, 0.5) is 18.3 Å². The molecule has 0 amide bonds. The van der Waals surface area contributed by atoms with Crippen molar-refractivity contribution in [2.45, 2.75) is 13.1 Å². The minimum atomic E-state index is -4.38. The van der Waals surface area contributed by atoms with Crippen LogP contribution in [-0.4, -0.2) is 11.2 Å². The van der Waals surface area contributed by atoms with Gasteiger partial charge in [-0.25, -0.2) is 4.98 Å². The molecule has 0 fully saturated rings. The van der Waals surface area contributed by atoms with Gasteiger partial charge in [-0.3, -0.25) is 5.43 Å². The van der Waals surface area contributed by atoms with Crippen molar-refractivity contribution in [3.8, 4) is 11.1 Å². The predicted molar refractivity (Wildman–Crippen MR) is 94.9 cm³/mol. The molecular weight excluding hydrogens is 347 g/mol. The van der Waals surface area contributed by atoms with E-state index in [4.69, 9.17) is 0 Å². The van der Waals surface area contributed by atoms with Gasteiger partial charge in [0.2, 0.25) is 5.13 Å². The van der Waals surface area contributed by atoms with Crippen LogP contribution in [0.3, 0.4) is 0 Å². The lowest BCUT2D eigenvalue weighted by Crippen LogP contribution is -2.06. The van der Waals surface area contributed by atoms with Crippen molar-refractivity contribution in [3.63, 3.8) is 0 Å². The van der Waals surface area contributed by atoms with Crippen molar-refractivity contribution >= 4 is 22.7 Å². The molecule has 3 aromatic rings. The molecule has 1 N–H and O–H groups in total. The van der Waals surface area contributed by atoms with E-state index in [0.29, 0.717) is 10.7 Å². The molecule has 128 valence electrons. The van der Waals surface area contributed by atoms with Crippen molar-refractivity contribution in [2.75, 3.05) is 5.43 Å². The summed E-state index contributed by atoms with van der Waals surface area (Å²) < 4.78 is 39.3. The Labute approximate surface area is 146 Å². The summed E-state index contributed by atoms with van der Waals surface area (Å²) in [4.78, 5) is 4.22. The zero-order valence-electron chi connectivity index (χ0n) is 13.2. The molecule has 0 bridgehead atoms.